The van der Waals surface area contributed by atoms with E-state index < -0.39 is 0 Å². The fourth-order valence-electron chi connectivity index (χ4n) is 2.73. The van der Waals surface area contributed by atoms with Crippen LogP contribution in [0.5, 0.6) is 0 Å². The molecule has 0 bridgehead atoms. The maximum atomic E-state index is 2.74. The molecular formula is C13H25N. The van der Waals surface area contributed by atoms with E-state index in [0.717, 1.165) is 12.0 Å². The van der Waals surface area contributed by atoms with Gasteiger partial charge in [0.05, 0.1) is 0 Å². The van der Waals surface area contributed by atoms with E-state index in [1.165, 1.54) is 45.2 Å². The van der Waals surface area contributed by atoms with Crippen molar-refractivity contribution >= 4 is 0 Å². The predicted molar refractivity (Wildman–Crippen MR) is 61.4 cm³/mol. The molecule has 0 radical (unpaired) electrons. The summed E-state index contributed by atoms with van der Waals surface area (Å²) >= 11 is 0. The number of piperidine rings is 1. The Morgan fingerprint density at radius 1 is 1.14 bits per heavy atom. The van der Waals surface area contributed by atoms with Crippen LogP contribution in [0.3, 0.4) is 0 Å². The number of hydrogen-bond acceptors (Lipinski definition) is 1. The van der Waals surface area contributed by atoms with Gasteiger partial charge in [0.1, 0.15) is 0 Å². The lowest BCUT2D eigenvalue weighted by Gasteiger charge is -2.47. The Balaban J connectivity index is 1.84. The van der Waals surface area contributed by atoms with E-state index in [1.54, 1.807) is 0 Å². The van der Waals surface area contributed by atoms with Gasteiger partial charge in [0, 0.05) is 6.04 Å². The lowest BCUT2D eigenvalue weighted by Crippen LogP contribution is -2.48. The minimum absolute atomic E-state index is 0.625. The van der Waals surface area contributed by atoms with E-state index >= 15 is 0 Å². The summed E-state index contributed by atoms with van der Waals surface area (Å²) < 4.78 is 0. The molecule has 1 heterocycles. The molecule has 0 spiro atoms. The first-order chi connectivity index (χ1) is 6.62. The summed E-state index contributed by atoms with van der Waals surface area (Å²) in [6, 6.07) is 0.965. The van der Waals surface area contributed by atoms with Gasteiger partial charge in [-0.3, -0.25) is 0 Å². The van der Waals surface area contributed by atoms with Crippen molar-refractivity contribution in [3.8, 4) is 0 Å². The van der Waals surface area contributed by atoms with Crippen LogP contribution in [0.25, 0.3) is 0 Å². The second-order valence-corrected chi connectivity index (χ2v) is 5.93. The smallest absolute Gasteiger partial charge is 0.00952 e. The Hall–Kier alpha value is -0.0400. The highest BCUT2D eigenvalue weighted by Crippen LogP contribution is 2.40. The van der Waals surface area contributed by atoms with Gasteiger partial charge in [0.2, 0.25) is 0 Å². The number of hydrogen-bond donors (Lipinski definition) is 0. The largest absolute Gasteiger partial charge is 0.300 e. The quantitative estimate of drug-likeness (QED) is 0.653. The van der Waals surface area contributed by atoms with Gasteiger partial charge in [-0.25, -0.2) is 0 Å². The Morgan fingerprint density at radius 2 is 1.71 bits per heavy atom. The number of likely N-dealkylation sites (tertiary alicyclic amines) is 1. The van der Waals surface area contributed by atoms with Crippen LogP contribution < -0.4 is 0 Å². The van der Waals surface area contributed by atoms with Crippen molar-refractivity contribution in [2.75, 3.05) is 13.1 Å². The summed E-state index contributed by atoms with van der Waals surface area (Å²) in [5, 5.41) is 0. The molecule has 0 N–H and O–H groups in total. The third-order valence-electron chi connectivity index (χ3n) is 4.93. The highest BCUT2D eigenvalue weighted by molar-refractivity contribution is 4.89. The Morgan fingerprint density at radius 3 is 2.07 bits per heavy atom. The standard InChI is InChI=1S/C13H25N/c1-11(2)13(3)7-9-14(10-8-13)12-5-4-6-12/h11-12H,4-10H2,1-3H3. The third kappa shape index (κ3) is 1.84. The molecule has 82 valence electrons. The van der Waals surface area contributed by atoms with Crippen molar-refractivity contribution < 1.29 is 0 Å². The molecule has 0 amide bonds. The van der Waals surface area contributed by atoms with Gasteiger partial charge in [0.25, 0.3) is 0 Å². The van der Waals surface area contributed by atoms with Crippen LogP contribution in [0.4, 0.5) is 0 Å². The summed E-state index contributed by atoms with van der Waals surface area (Å²) in [4.78, 5) is 2.74. The fraction of sp³-hybridized carbons (Fsp3) is 1.00. The van der Waals surface area contributed by atoms with E-state index in [1.807, 2.05) is 0 Å². The number of nitrogens with zero attached hydrogens (tertiary/aromatic N) is 1. The van der Waals surface area contributed by atoms with Crippen LogP contribution in [0.2, 0.25) is 0 Å². The highest BCUT2D eigenvalue weighted by atomic mass is 15.2. The molecule has 1 nitrogen and oxygen atoms in total. The third-order valence-corrected chi connectivity index (χ3v) is 4.93. The SMILES string of the molecule is CC(C)C1(C)CCN(C2CCC2)CC1. The normalized spacial score (nSPS) is 29.1. The second-order valence-electron chi connectivity index (χ2n) is 5.93. The van der Waals surface area contributed by atoms with Crippen molar-refractivity contribution in [2.24, 2.45) is 11.3 Å². The van der Waals surface area contributed by atoms with Crippen LogP contribution in [-0.2, 0) is 0 Å². The van der Waals surface area contributed by atoms with Gasteiger partial charge in [-0.15, -0.1) is 0 Å². The average molecular weight is 195 g/mol. The van der Waals surface area contributed by atoms with Gasteiger partial charge in [0.15, 0.2) is 0 Å². The monoisotopic (exact) mass is 195 g/mol. The lowest BCUT2D eigenvalue weighted by atomic mass is 9.71. The maximum absolute atomic E-state index is 2.74. The minimum Gasteiger partial charge on any atom is -0.300 e. The van der Waals surface area contributed by atoms with E-state index in [-0.39, 0.29) is 0 Å². The first-order valence-electron chi connectivity index (χ1n) is 6.36. The molecule has 1 aliphatic heterocycles. The van der Waals surface area contributed by atoms with Gasteiger partial charge in [-0.1, -0.05) is 27.2 Å². The zero-order chi connectivity index (χ0) is 10.2. The predicted octanol–water partition coefficient (Wildman–Crippen LogP) is 3.30. The highest BCUT2D eigenvalue weighted by Gasteiger charge is 2.35. The Bertz CT molecular complexity index is 185. The molecule has 0 unspecified atom stereocenters. The van der Waals surface area contributed by atoms with Gasteiger partial charge in [-0.2, -0.15) is 0 Å². The molecule has 2 aliphatic rings. The lowest BCUT2D eigenvalue weighted by molar-refractivity contribution is 0.0293. The fourth-order valence-corrected chi connectivity index (χ4v) is 2.73. The zero-order valence-electron chi connectivity index (χ0n) is 10.1. The van der Waals surface area contributed by atoms with E-state index in [2.05, 4.69) is 25.7 Å². The zero-order valence-corrected chi connectivity index (χ0v) is 10.1. The van der Waals surface area contributed by atoms with Crippen LogP contribution in [0.15, 0.2) is 0 Å². The average Bonchev–Trinajstić information content (AvgIpc) is 2.06. The van der Waals surface area contributed by atoms with Crippen molar-refractivity contribution in [1.82, 2.24) is 4.90 Å². The molecule has 1 aliphatic carbocycles. The summed E-state index contributed by atoms with van der Waals surface area (Å²) in [6.45, 7) is 9.98. The van der Waals surface area contributed by atoms with Gasteiger partial charge < -0.3 is 4.90 Å². The van der Waals surface area contributed by atoms with Crippen LogP contribution >= 0.6 is 0 Å². The van der Waals surface area contributed by atoms with Crippen molar-refractivity contribution in [3.63, 3.8) is 0 Å². The molecule has 0 aromatic carbocycles. The van der Waals surface area contributed by atoms with Crippen LogP contribution in [-0.4, -0.2) is 24.0 Å². The molecule has 1 saturated heterocycles. The molecular weight excluding hydrogens is 170 g/mol. The molecule has 0 aromatic heterocycles. The van der Waals surface area contributed by atoms with E-state index in [9.17, 15) is 0 Å². The van der Waals surface area contributed by atoms with E-state index in [0.29, 0.717) is 5.41 Å². The molecule has 0 atom stereocenters. The first kappa shape index (κ1) is 10.5. The summed E-state index contributed by atoms with van der Waals surface area (Å²) in [5.41, 5.74) is 0.625. The van der Waals surface area contributed by atoms with Crippen molar-refractivity contribution in [2.45, 2.75) is 58.9 Å². The molecule has 0 aromatic rings. The second kappa shape index (κ2) is 3.84. The van der Waals surface area contributed by atoms with Crippen LogP contribution in [0, 0.1) is 11.3 Å². The molecule has 1 saturated carbocycles. The molecule has 2 rings (SSSR count). The minimum atomic E-state index is 0.625. The Kier molecular flexibility index (Phi) is 2.88. The van der Waals surface area contributed by atoms with Gasteiger partial charge >= 0.3 is 0 Å². The Labute approximate surface area is 88.9 Å². The van der Waals surface area contributed by atoms with E-state index in [4.69, 9.17) is 0 Å². The van der Waals surface area contributed by atoms with Gasteiger partial charge in [-0.05, 0) is 50.1 Å². The maximum Gasteiger partial charge on any atom is 0.00952 e. The molecule has 2 fully saturated rings. The topological polar surface area (TPSA) is 3.24 Å². The summed E-state index contributed by atoms with van der Waals surface area (Å²) in [5.74, 6) is 0.853. The number of rotatable bonds is 2. The van der Waals surface area contributed by atoms with Crippen molar-refractivity contribution in [1.29, 1.82) is 0 Å². The first-order valence-corrected chi connectivity index (χ1v) is 6.36. The molecule has 1 heteroatoms. The van der Waals surface area contributed by atoms with Crippen molar-refractivity contribution in [3.05, 3.63) is 0 Å². The summed E-state index contributed by atoms with van der Waals surface area (Å²) in [7, 11) is 0. The van der Waals surface area contributed by atoms with Crippen LogP contribution in [0.1, 0.15) is 52.9 Å². The molecule has 14 heavy (non-hydrogen) atoms. The summed E-state index contributed by atoms with van der Waals surface area (Å²) in [6.07, 6.45) is 7.25.